The first kappa shape index (κ1) is 20.8. The molecule has 2 atom stereocenters. The Kier molecular flexibility index (Phi) is 5.09. The number of rotatable bonds is 2. The molecule has 0 radical (unpaired) electrons. The monoisotopic (exact) mass is 435 g/mol. The molecule has 1 spiro atoms. The number of aryl methyl sites for hydroxylation is 1. The summed E-state index contributed by atoms with van der Waals surface area (Å²) in [7, 11) is 0. The molecule has 2 aromatic rings. The van der Waals surface area contributed by atoms with E-state index in [0.717, 1.165) is 16.7 Å². The summed E-state index contributed by atoms with van der Waals surface area (Å²) >= 11 is 6.34. The van der Waals surface area contributed by atoms with Crippen molar-refractivity contribution < 1.29 is 23.1 Å². The van der Waals surface area contributed by atoms with Crippen LogP contribution in [0.15, 0.2) is 48.2 Å². The third-order valence-corrected chi connectivity index (χ3v) is 6.43. The van der Waals surface area contributed by atoms with Gasteiger partial charge in [-0.25, -0.2) is 0 Å². The number of aliphatic hydroxyl groups is 1. The molecule has 0 bridgehead atoms. The van der Waals surface area contributed by atoms with Crippen molar-refractivity contribution in [1.82, 2.24) is 5.32 Å². The zero-order valence-corrected chi connectivity index (χ0v) is 17.1. The molecule has 30 heavy (non-hydrogen) atoms. The van der Waals surface area contributed by atoms with Gasteiger partial charge in [-0.1, -0.05) is 53.9 Å². The standard InChI is InChI=1S/C23H21ClF3NO2/c1-13-4-6-14(7-5-13)15-8-9-18(24)17(11-15)19-20(29)22(28-21(19)30)10-2-3-16(12-22)23(25,26)27/h4-9,11,16,29H,2-3,10,12H2,1H3,(H,28,30)/t16-,22-/m0/s1. The van der Waals surface area contributed by atoms with Gasteiger partial charge < -0.3 is 10.4 Å². The van der Waals surface area contributed by atoms with Crippen molar-refractivity contribution in [3.8, 4) is 11.1 Å². The molecular formula is C23H21ClF3NO2. The van der Waals surface area contributed by atoms with Crippen LogP contribution in [-0.2, 0) is 4.79 Å². The SMILES string of the molecule is Cc1ccc(-c2ccc(Cl)c(C3=C(O)[C@@]4(CCC[C@H](C(F)(F)F)C4)NC3=O)c2)cc1. The summed E-state index contributed by atoms with van der Waals surface area (Å²) in [6.07, 6.45) is -4.22. The molecule has 1 fully saturated rings. The Morgan fingerprint density at radius 3 is 2.47 bits per heavy atom. The van der Waals surface area contributed by atoms with E-state index in [1.165, 1.54) is 0 Å². The Morgan fingerprint density at radius 2 is 1.80 bits per heavy atom. The highest BCUT2D eigenvalue weighted by Gasteiger charge is 2.54. The van der Waals surface area contributed by atoms with Crippen molar-refractivity contribution in [1.29, 1.82) is 0 Å². The number of aliphatic hydroxyl groups excluding tert-OH is 1. The minimum atomic E-state index is -4.37. The summed E-state index contributed by atoms with van der Waals surface area (Å²) in [5.41, 5.74) is 1.67. The van der Waals surface area contributed by atoms with Crippen molar-refractivity contribution in [3.05, 3.63) is 64.4 Å². The van der Waals surface area contributed by atoms with Gasteiger partial charge in [0.15, 0.2) is 0 Å². The number of hydrogen-bond donors (Lipinski definition) is 2. The van der Waals surface area contributed by atoms with Crippen LogP contribution in [0.25, 0.3) is 16.7 Å². The minimum Gasteiger partial charge on any atom is -0.509 e. The average Bonchev–Trinajstić information content (AvgIpc) is 2.92. The molecule has 1 heterocycles. The van der Waals surface area contributed by atoms with E-state index in [0.29, 0.717) is 5.56 Å². The normalized spacial score (nSPS) is 24.4. The van der Waals surface area contributed by atoms with Gasteiger partial charge in [-0.05, 0) is 49.4 Å². The summed E-state index contributed by atoms with van der Waals surface area (Å²) in [5, 5.41) is 13.9. The van der Waals surface area contributed by atoms with E-state index in [1.54, 1.807) is 18.2 Å². The fourth-order valence-electron chi connectivity index (χ4n) is 4.46. The molecule has 0 unspecified atom stereocenters. The second-order valence-electron chi connectivity index (χ2n) is 8.16. The van der Waals surface area contributed by atoms with Gasteiger partial charge in [-0.3, -0.25) is 4.79 Å². The molecule has 4 rings (SSSR count). The zero-order valence-electron chi connectivity index (χ0n) is 16.3. The Labute approximate surface area is 177 Å². The highest BCUT2D eigenvalue weighted by molar-refractivity contribution is 6.35. The van der Waals surface area contributed by atoms with E-state index in [-0.39, 0.29) is 42.0 Å². The van der Waals surface area contributed by atoms with E-state index < -0.39 is 23.5 Å². The highest BCUT2D eigenvalue weighted by atomic mass is 35.5. The molecule has 1 saturated carbocycles. The van der Waals surface area contributed by atoms with Gasteiger partial charge in [-0.15, -0.1) is 0 Å². The number of carbonyl (C=O) groups excluding carboxylic acids is 1. The van der Waals surface area contributed by atoms with Crippen LogP contribution in [0.1, 0.15) is 36.8 Å². The smallest absolute Gasteiger partial charge is 0.391 e. The van der Waals surface area contributed by atoms with Gasteiger partial charge in [0, 0.05) is 10.6 Å². The molecule has 7 heteroatoms. The number of alkyl halides is 3. The van der Waals surface area contributed by atoms with Crippen molar-refractivity contribution in [2.24, 2.45) is 5.92 Å². The van der Waals surface area contributed by atoms with Crippen LogP contribution < -0.4 is 5.32 Å². The molecule has 1 aliphatic heterocycles. The number of amides is 1. The van der Waals surface area contributed by atoms with E-state index in [2.05, 4.69) is 5.32 Å². The lowest BCUT2D eigenvalue weighted by Crippen LogP contribution is -2.50. The third-order valence-electron chi connectivity index (χ3n) is 6.10. The topological polar surface area (TPSA) is 49.3 Å². The van der Waals surface area contributed by atoms with Crippen molar-refractivity contribution >= 4 is 23.1 Å². The molecule has 0 saturated heterocycles. The summed E-state index contributed by atoms with van der Waals surface area (Å²) in [6, 6.07) is 12.9. The van der Waals surface area contributed by atoms with Gasteiger partial charge in [0.25, 0.3) is 5.91 Å². The maximum absolute atomic E-state index is 13.3. The molecule has 2 N–H and O–H groups in total. The summed E-state index contributed by atoms with van der Waals surface area (Å²) in [5.74, 6) is -2.51. The first-order valence-electron chi connectivity index (χ1n) is 9.81. The lowest BCUT2D eigenvalue weighted by Gasteiger charge is -2.38. The summed E-state index contributed by atoms with van der Waals surface area (Å²) < 4.78 is 40.0. The minimum absolute atomic E-state index is 0.00655. The van der Waals surface area contributed by atoms with Gasteiger partial charge in [0.2, 0.25) is 0 Å². The van der Waals surface area contributed by atoms with Gasteiger partial charge in [0.05, 0.1) is 17.0 Å². The molecule has 2 aliphatic rings. The maximum Gasteiger partial charge on any atom is 0.391 e. The molecule has 0 aromatic heterocycles. The van der Waals surface area contributed by atoms with Crippen LogP contribution in [0.2, 0.25) is 5.02 Å². The third kappa shape index (κ3) is 3.58. The number of nitrogens with one attached hydrogen (secondary N) is 1. The second-order valence-corrected chi connectivity index (χ2v) is 8.56. The van der Waals surface area contributed by atoms with Gasteiger partial charge in [0.1, 0.15) is 5.76 Å². The second kappa shape index (κ2) is 7.34. The van der Waals surface area contributed by atoms with Crippen LogP contribution >= 0.6 is 11.6 Å². The molecular weight excluding hydrogens is 415 g/mol. The largest absolute Gasteiger partial charge is 0.509 e. The molecule has 3 nitrogen and oxygen atoms in total. The van der Waals surface area contributed by atoms with E-state index in [4.69, 9.17) is 11.6 Å². The van der Waals surface area contributed by atoms with Gasteiger partial charge >= 0.3 is 6.18 Å². The Bertz CT molecular complexity index is 1030. The lowest BCUT2D eigenvalue weighted by molar-refractivity contribution is -0.187. The fourth-order valence-corrected chi connectivity index (χ4v) is 4.67. The lowest BCUT2D eigenvalue weighted by atomic mass is 9.74. The van der Waals surface area contributed by atoms with Crippen molar-refractivity contribution in [2.75, 3.05) is 0 Å². The maximum atomic E-state index is 13.3. The van der Waals surface area contributed by atoms with Crippen LogP contribution in [0.3, 0.4) is 0 Å². The number of halogens is 4. The van der Waals surface area contributed by atoms with Crippen LogP contribution in [-0.4, -0.2) is 22.7 Å². The summed E-state index contributed by atoms with van der Waals surface area (Å²) in [4.78, 5) is 12.8. The molecule has 158 valence electrons. The van der Waals surface area contributed by atoms with Crippen LogP contribution in [0, 0.1) is 12.8 Å². The summed E-state index contributed by atoms with van der Waals surface area (Å²) in [6.45, 7) is 1.97. The zero-order chi connectivity index (χ0) is 21.7. The average molecular weight is 436 g/mol. The fraction of sp³-hybridized carbons (Fsp3) is 0.348. The molecule has 2 aromatic carbocycles. The van der Waals surface area contributed by atoms with Crippen molar-refractivity contribution in [2.45, 2.75) is 44.3 Å². The van der Waals surface area contributed by atoms with E-state index >= 15 is 0 Å². The number of carbonyl (C=O) groups is 1. The first-order chi connectivity index (χ1) is 14.1. The number of hydrogen-bond acceptors (Lipinski definition) is 2. The Hall–Kier alpha value is -2.47. The van der Waals surface area contributed by atoms with E-state index in [1.807, 2.05) is 31.2 Å². The van der Waals surface area contributed by atoms with E-state index in [9.17, 15) is 23.1 Å². The van der Waals surface area contributed by atoms with Crippen LogP contribution in [0.4, 0.5) is 13.2 Å². The Morgan fingerprint density at radius 1 is 1.13 bits per heavy atom. The predicted molar refractivity (Wildman–Crippen MR) is 110 cm³/mol. The van der Waals surface area contributed by atoms with Gasteiger partial charge in [-0.2, -0.15) is 13.2 Å². The Balaban J connectivity index is 1.77. The quantitative estimate of drug-likeness (QED) is 0.589. The van der Waals surface area contributed by atoms with Crippen molar-refractivity contribution in [3.63, 3.8) is 0 Å². The highest BCUT2D eigenvalue weighted by Crippen LogP contribution is 2.48. The van der Waals surface area contributed by atoms with Crippen LogP contribution in [0.5, 0.6) is 0 Å². The molecule has 1 amide bonds. The predicted octanol–water partition coefficient (Wildman–Crippen LogP) is 6.21. The first-order valence-corrected chi connectivity index (χ1v) is 10.2. The number of benzene rings is 2. The molecule has 1 aliphatic carbocycles.